The SMILES string of the molecule is CNCc1sc(C2CCS(=O)(=O)C2)nc1C(C)(C)C. The van der Waals surface area contributed by atoms with Crippen LogP contribution in [0.2, 0.25) is 0 Å². The van der Waals surface area contributed by atoms with Crippen molar-refractivity contribution < 1.29 is 8.42 Å². The van der Waals surface area contributed by atoms with E-state index in [0.717, 1.165) is 23.7 Å². The van der Waals surface area contributed by atoms with Crippen molar-refractivity contribution in [2.75, 3.05) is 18.6 Å². The number of nitrogens with one attached hydrogen (secondary N) is 1. The van der Waals surface area contributed by atoms with Crippen molar-refractivity contribution in [3.05, 3.63) is 15.6 Å². The molecule has 19 heavy (non-hydrogen) atoms. The Morgan fingerprint density at radius 3 is 2.58 bits per heavy atom. The summed E-state index contributed by atoms with van der Waals surface area (Å²) in [5.74, 6) is 0.675. The zero-order valence-electron chi connectivity index (χ0n) is 12.0. The van der Waals surface area contributed by atoms with E-state index in [1.54, 1.807) is 11.3 Å². The Morgan fingerprint density at radius 1 is 1.42 bits per heavy atom. The lowest BCUT2D eigenvalue weighted by atomic mass is 9.91. The van der Waals surface area contributed by atoms with Crippen LogP contribution >= 0.6 is 11.3 Å². The van der Waals surface area contributed by atoms with Gasteiger partial charge in [0.15, 0.2) is 9.84 Å². The summed E-state index contributed by atoms with van der Waals surface area (Å²) in [6.07, 6.45) is 0.721. The predicted octanol–water partition coefficient (Wildman–Crippen LogP) is 2.06. The highest BCUT2D eigenvalue weighted by molar-refractivity contribution is 7.91. The Hall–Kier alpha value is -0.460. The zero-order valence-corrected chi connectivity index (χ0v) is 13.6. The number of hydrogen-bond donors (Lipinski definition) is 1. The molecule has 0 spiro atoms. The van der Waals surface area contributed by atoms with E-state index >= 15 is 0 Å². The lowest BCUT2D eigenvalue weighted by Crippen LogP contribution is -2.16. The number of thiazole rings is 1. The normalized spacial score (nSPS) is 22.8. The number of nitrogens with zero attached hydrogens (tertiary/aromatic N) is 1. The van der Waals surface area contributed by atoms with E-state index < -0.39 is 9.84 Å². The number of sulfone groups is 1. The summed E-state index contributed by atoms with van der Waals surface area (Å²) in [5.41, 5.74) is 1.10. The Morgan fingerprint density at radius 2 is 2.11 bits per heavy atom. The van der Waals surface area contributed by atoms with Gasteiger partial charge < -0.3 is 5.32 Å². The molecule has 0 bridgehead atoms. The quantitative estimate of drug-likeness (QED) is 0.928. The minimum atomic E-state index is -2.84. The van der Waals surface area contributed by atoms with Crippen LogP contribution in [-0.4, -0.2) is 32.0 Å². The second kappa shape index (κ2) is 5.14. The number of hydrogen-bond acceptors (Lipinski definition) is 5. The smallest absolute Gasteiger partial charge is 0.151 e. The van der Waals surface area contributed by atoms with Crippen molar-refractivity contribution in [1.82, 2.24) is 10.3 Å². The molecule has 1 fully saturated rings. The molecule has 1 unspecified atom stereocenters. The molecule has 1 aromatic rings. The Labute approximate surface area is 119 Å². The summed E-state index contributed by atoms with van der Waals surface area (Å²) in [4.78, 5) is 5.99. The van der Waals surface area contributed by atoms with Crippen LogP contribution in [0.3, 0.4) is 0 Å². The van der Waals surface area contributed by atoms with Gasteiger partial charge >= 0.3 is 0 Å². The predicted molar refractivity (Wildman–Crippen MR) is 79.6 cm³/mol. The first-order valence-electron chi connectivity index (χ1n) is 6.58. The monoisotopic (exact) mass is 302 g/mol. The van der Waals surface area contributed by atoms with Crippen LogP contribution in [-0.2, 0) is 21.8 Å². The molecule has 108 valence electrons. The van der Waals surface area contributed by atoms with Gasteiger partial charge in [-0.25, -0.2) is 13.4 Å². The maximum absolute atomic E-state index is 11.6. The highest BCUT2D eigenvalue weighted by Gasteiger charge is 2.33. The second-order valence-corrected chi connectivity index (χ2v) is 9.55. The fraction of sp³-hybridized carbons (Fsp3) is 0.769. The first-order chi connectivity index (χ1) is 8.73. The van der Waals surface area contributed by atoms with Crippen LogP contribution in [0.5, 0.6) is 0 Å². The number of aromatic nitrogens is 1. The first kappa shape index (κ1) is 14.9. The molecule has 2 rings (SSSR count). The van der Waals surface area contributed by atoms with Crippen molar-refractivity contribution in [1.29, 1.82) is 0 Å². The maximum atomic E-state index is 11.6. The summed E-state index contributed by atoms with van der Waals surface area (Å²) in [6.45, 7) is 7.24. The summed E-state index contributed by atoms with van der Waals surface area (Å²) in [6, 6.07) is 0. The number of rotatable bonds is 3. The van der Waals surface area contributed by atoms with Gasteiger partial charge in [-0.2, -0.15) is 0 Å². The molecule has 6 heteroatoms. The topological polar surface area (TPSA) is 59.1 Å². The molecule has 1 atom stereocenters. The lowest BCUT2D eigenvalue weighted by molar-refractivity contribution is 0.559. The largest absolute Gasteiger partial charge is 0.315 e. The Bertz CT molecular complexity index is 556. The van der Waals surface area contributed by atoms with Crippen LogP contribution < -0.4 is 5.32 Å². The standard InChI is InChI=1S/C13H22N2O2S2/c1-13(2,3)11-10(7-14-4)18-12(15-11)9-5-6-19(16,17)8-9/h9,14H,5-8H2,1-4H3. The molecule has 0 amide bonds. The highest BCUT2D eigenvalue weighted by atomic mass is 32.2. The third kappa shape index (κ3) is 3.35. The minimum absolute atomic E-state index is 0.00157. The maximum Gasteiger partial charge on any atom is 0.151 e. The van der Waals surface area contributed by atoms with Crippen LogP contribution in [0, 0.1) is 0 Å². The van der Waals surface area contributed by atoms with Crippen LogP contribution in [0.15, 0.2) is 0 Å². The average Bonchev–Trinajstić information content (AvgIpc) is 2.81. The average molecular weight is 302 g/mol. The van der Waals surface area contributed by atoms with Crippen molar-refractivity contribution >= 4 is 21.2 Å². The van der Waals surface area contributed by atoms with Crippen molar-refractivity contribution in [3.8, 4) is 0 Å². The van der Waals surface area contributed by atoms with Crippen LogP contribution in [0.1, 0.15) is 48.7 Å². The molecule has 0 radical (unpaired) electrons. The molecular weight excluding hydrogens is 280 g/mol. The van der Waals surface area contributed by atoms with Gasteiger partial charge in [0.2, 0.25) is 0 Å². The highest BCUT2D eigenvalue weighted by Crippen LogP contribution is 2.36. The van der Waals surface area contributed by atoms with E-state index in [2.05, 4.69) is 26.1 Å². The molecule has 0 aromatic carbocycles. The van der Waals surface area contributed by atoms with Crippen molar-refractivity contribution in [3.63, 3.8) is 0 Å². The van der Waals surface area contributed by atoms with E-state index in [0.29, 0.717) is 5.75 Å². The van der Waals surface area contributed by atoms with Crippen LogP contribution in [0.25, 0.3) is 0 Å². The summed E-state index contributed by atoms with van der Waals surface area (Å²) < 4.78 is 23.2. The Kier molecular flexibility index (Phi) is 4.05. The molecule has 2 heterocycles. The lowest BCUT2D eigenvalue weighted by Gasteiger charge is -2.17. The summed E-state index contributed by atoms with van der Waals surface area (Å²) in [5, 5.41) is 4.17. The van der Waals surface area contributed by atoms with Gasteiger partial charge in [-0.1, -0.05) is 20.8 Å². The fourth-order valence-electron chi connectivity index (χ4n) is 2.40. The molecule has 1 N–H and O–H groups in total. The van der Waals surface area contributed by atoms with Gasteiger partial charge in [0.25, 0.3) is 0 Å². The van der Waals surface area contributed by atoms with Gasteiger partial charge in [0.05, 0.1) is 22.2 Å². The minimum Gasteiger partial charge on any atom is -0.315 e. The molecular formula is C13H22N2O2S2. The third-order valence-electron chi connectivity index (χ3n) is 3.34. The third-order valence-corrected chi connectivity index (χ3v) is 6.33. The molecule has 0 aliphatic carbocycles. The molecule has 1 aromatic heterocycles. The Balaban J connectivity index is 2.33. The van der Waals surface area contributed by atoms with Gasteiger partial charge in [-0.05, 0) is 13.5 Å². The molecule has 1 aliphatic rings. The molecule has 1 saturated heterocycles. The zero-order chi connectivity index (χ0) is 14.3. The summed E-state index contributed by atoms with van der Waals surface area (Å²) >= 11 is 1.67. The van der Waals surface area contributed by atoms with E-state index in [-0.39, 0.29) is 17.1 Å². The van der Waals surface area contributed by atoms with E-state index in [4.69, 9.17) is 4.98 Å². The van der Waals surface area contributed by atoms with E-state index in [1.165, 1.54) is 4.88 Å². The first-order valence-corrected chi connectivity index (χ1v) is 9.22. The second-order valence-electron chi connectivity index (χ2n) is 6.20. The summed E-state index contributed by atoms with van der Waals surface area (Å²) in [7, 11) is -0.921. The van der Waals surface area contributed by atoms with Crippen LogP contribution in [0.4, 0.5) is 0 Å². The van der Waals surface area contributed by atoms with Gasteiger partial charge in [0, 0.05) is 22.8 Å². The molecule has 4 nitrogen and oxygen atoms in total. The van der Waals surface area contributed by atoms with E-state index in [9.17, 15) is 8.42 Å². The molecule has 1 aliphatic heterocycles. The van der Waals surface area contributed by atoms with Gasteiger partial charge in [-0.3, -0.25) is 0 Å². The van der Waals surface area contributed by atoms with Gasteiger partial charge in [-0.15, -0.1) is 11.3 Å². The van der Waals surface area contributed by atoms with Gasteiger partial charge in [0.1, 0.15) is 0 Å². The van der Waals surface area contributed by atoms with Crippen molar-refractivity contribution in [2.45, 2.75) is 45.1 Å². The van der Waals surface area contributed by atoms with E-state index in [1.807, 2.05) is 7.05 Å². The van der Waals surface area contributed by atoms with Crippen molar-refractivity contribution in [2.24, 2.45) is 0 Å². The molecule has 0 saturated carbocycles. The fourth-order valence-corrected chi connectivity index (χ4v) is 5.68.